The first-order valence-electron chi connectivity index (χ1n) is 5.54. The topological polar surface area (TPSA) is 72.3 Å². The minimum absolute atomic E-state index is 0.433. The molecule has 4 nitrogen and oxygen atoms in total. The average molecular weight is 221 g/mol. The number of hydrogen-bond acceptors (Lipinski definition) is 3. The molecule has 1 rings (SSSR count). The van der Waals surface area contributed by atoms with Crippen LogP contribution in [0.5, 0.6) is 0 Å². The predicted octanol–water partition coefficient (Wildman–Crippen LogP) is 1.60. The van der Waals surface area contributed by atoms with Crippen molar-refractivity contribution in [2.24, 2.45) is 5.73 Å². The number of amides is 1. The Balaban J connectivity index is 3.14. The van der Waals surface area contributed by atoms with E-state index in [9.17, 15) is 4.79 Å². The lowest BCUT2D eigenvalue weighted by atomic mass is 10.1. The largest absolute Gasteiger partial charge is 0.399 e. The Morgan fingerprint density at radius 2 is 2.06 bits per heavy atom. The minimum atomic E-state index is -0.433. The summed E-state index contributed by atoms with van der Waals surface area (Å²) in [4.78, 5) is 13.5. The van der Waals surface area contributed by atoms with E-state index in [4.69, 9.17) is 11.5 Å². The number of benzene rings is 1. The highest BCUT2D eigenvalue weighted by molar-refractivity contribution is 5.99. The van der Waals surface area contributed by atoms with Gasteiger partial charge in [-0.3, -0.25) is 4.79 Å². The van der Waals surface area contributed by atoms with Gasteiger partial charge in [-0.2, -0.15) is 0 Å². The second-order valence-corrected chi connectivity index (χ2v) is 3.72. The van der Waals surface area contributed by atoms with Gasteiger partial charge in [-0.15, -0.1) is 0 Å². The summed E-state index contributed by atoms with van der Waals surface area (Å²) in [5.41, 5.74) is 12.9. The van der Waals surface area contributed by atoms with Crippen molar-refractivity contribution in [1.29, 1.82) is 0 Å². The van der Waals surface area contributed by atoms with E-state index in [1.165, 1.54) is 0 Å². The summed E-state index contributed by atoms with van der Waals surface area (Å²) in [6, 6.07) is 5.28. The Morgan fingerprint density at radius 3 is 2.56 bits per heavy atom. The molecule has 0 fully saturated rings. The lowest BCUT2D eigenvalue weighted by molar-refractivity contribution is 0.100. The second kappa shape index (κ2) is 5.39. The maximum absolute atomic E-state index is 11.3. The first-order chi connectivity index (χ1) is 7.60. The number of anilines is 2. The summed E-state index contributed by atoms with van der Waals surface area (Å²) in [5.74, 6) is -0.433. The van der Waals surface area contributed by atoms with E-state index in [0.29, 0.717) is 11.3 Å². The van der Waals surface area contributed by atoms with Crippen molar-refractivity contribution in [3.05, 3.63) is 23.8 Å². The van der Waals surface area contributed by atoms with Crippen LogP contribution < -0.4 is 16.4 Å². The molecular weight excluding hydrogens is 202 g/mol. The molecule has 0 saturated heterocycles. The molecule has 0 aliphatic rings. The van der Waals surface area contributed by atoms with E-state index in [0.717, 1.165) is 25.2 Å². The summed E-state index contributed by atoms with van der Waals surface area (Å²) in [7, 11) is 0. The number of primary amides is 1. The van der Waals surface area contributed by atoms with Crippen LogP contribution in [-0.4, -0.2) is 19.0 Å². The Hall–Kier alpha value is -1.71. The van der Waals surface area contributed by atoms with Gasteiger partial charge in [0, 0.05) is 24.5 Å². The van der Waals surface area contributed by atoms with E-state index in [-0.39, 0.29) is 0 Å². The number of nitrogens with zero attached hydrogens (tertiary/aromatic N) is 1. The molecule has 0 atom stereocenters. The molecule has 1 amide bonds. The maximum Gasteiger partial charge on any atom is 0.250 e. The molecule has 0 radical (unpaired) electrons. The lowest BCUT2D eigenvalue weighted by Gasteiger charge is -2.24. The monoisotopic (exact) mass is 221 g/mol. The number of nitrogen functional groups attached to an aromatic ring is 1. The van der Waals surface area contributed by atoms with Crippen molar-refractivity contribution in [1.82, 2.24) is 0 Å². The number of nitrogens with two attached hydrogens (primary N) is 2. The van der Waals surface area contributed by atoms with Crippen molar-refractivity contribution in [2.75, 3.05) is 23.7 Å². The van der Waals surface area contributed by atoms with Gasteiger partial charge in [0.2, 0.25) is 0 Å². The zero-order valence-corrected chi connectivity index (χ0v) is 9.86. The molecule has 0 unspecified atom stereocenters. The Kier molecular flexibility index (Phi) is 4.17. The second-order valence-electron chi connectivity index (χ2n) is 3.72. The summed E-state index contributed by atoms with van der Waals surface area (Å²) in [6.45, 7) is 5.90. The normalized spacial score (nSPS) is 10.1. The molecule has 0 aromatic heterocycles. The molecule has 0 aliphatic carbocycles. The molecule has 0 bridgehead atoms. The Morgan fingerprint density at radius 1 is 1.38 bits per heavy atom. The highest BCUT2D eigenvalue weighted by atomic mass is 16.1. The van der Waals surface area contributed by atoms with Crippen LogP contribution in [0.2, 0.25) is 0 Å². The van der Waals surface area contributed by atoms with Gasteiger partial charge < -0.3 is 16.4 Å². The van der Waals surface area contributed by atoms with Crippen molar-refractivity contribution in [3.63, 3.8) is 0 Å². The van der Waals surface area contributed by atoms with Gasteiger partial charge in [0.1, 0.15) is 0 Å². The summed E-state index contributed by atoms with van der Waals surface area (Å²) < 4.78 is 0. The van der Waals surface area contributed by atoms with E-state index in [2.05, 4.69) is 18.7 Å². The van der Waals surface area contributed by atoms with Crippen LogP contribution >= 0.6 is 0 Å². The Labute approximate surface area is 96.2 Å². The fraction of sp³-hybridized carbons (Fsp3) is 0.417. The van der Waals surface area contributed by atoms with Crippen LogP contribution in [0.3, 0.4) is 0 Å². The summed E-state index contributed by atoms with van der Waals surface area (Å²) in [6.07, 6.45) is 1.02. The third-order valence-electron chi connectivity index (χ3n) is 2.50. The molecular formula is C12H19N3O. The van der Waals surface area contributed by atoms with Crippen LogP contribution in [0.25, 0.3) is 0 Å². The van der Waals surface area contributed by atoms with Gasteiger partial charge in [-0.1, -0.05) is 6.92 Å². The lowest BCUT2D eigenvalue weighted by Crippen LogP contribution is -2.27. The molecule has 16 heavy (non-hydrogen) atoms. The first kappa shape index (κ1) is 12.4. The van der Waals surface area contributed by atoms with Crippen molar-refractivity contribution < 1.29 is 4.79 Å². The highest BCUT2D eigenvalue weighted by Gasteiger charge is 2.13. The van der Waals surface area contributed by atoms with E-state index in [1.807, 2.05) is 6.07 Å². The third-order valence-corrected chi connectivity index (χ3v) is 2.50. The van der Waals surface area contributed by atoms with Gasteiger partial charge in [-0.25, -0.2) is 0 Å². The first-order valence-corrected chi connectivity index (χ1v) is 5.54. The van der Waals surface area contributed by atoms with Crippen molar-refractivity contribution in [2.45, 2.75) is 20.3 Å². The van der Waals surface area contributed by atoms with E-state index >= 15 is 0 Å². The Bertz CT molecular complexity index is 377. The zero-order valence-electron chi connectivity index (χ0n) is 9.86. The molecule has 0 aliphatic heterocycles. The number of hydrogen-bond donors (Lipinski definition) is 2. The van der Waals surface area contributed by atoms with Crippen molar-refractivity contribution in [3.8, 4) is 0 Å². The molecule has 0 saturated carbocycles. The fourth-order valence-corrected chi connectivity index (χ4v) is 1.75. The summed E-state index contributed by atoms with van der Waals surface area (Å²) in [5, 5.41) is 0. The number of carbonyl (C=O) groups excluding carboxylic acids is 1. The van der Waals surface area contributed by atoms with Crippen LogP contribution in [0.1, 0.15) is 30.6 Å². The molecule has 0 heterocycles. The predicted molar refractivity (Wildman–Crippen MR) is 67.6 cm³/mol. The third kappa shape index (κ3) is 2.66. The van der Waals surface area contributed by atoms with Gasteiger partial charge in [0.25, 0.3) is 5.91 Å². The summed E-state index contributed by atoms with van der Waals surface area (Å²) >= 11 is 0. The van der Waals surface area contributed by atoms with Gasteiger partial charge >= 0.3 is 0 Å². The number of rotatable bonds is 5. The van der Waals surface area contributed by atoms with Crippen molar-refractivity contribution >= 4 is 17.3 Å². The fourth-order valence-electron chi connectivity index (χ4n) is 1.75. The van der Waals surface area contributed by atoms with E-state index in [1.54, 1.807) is 12.1 Å². The van der Waals surface area contributed by atoms with Crippen LogP contribution in [0, 0.1) is 0 Å². The van der Waals surface area contributed by atoms with Gasteiger partial charge in [0.05, 0.1) is 5.56 Å². The maximum atomic E-state index is 11.3. The van der Waals surface area contributed by atoms with E-state index < -0.39 is 5.91 Å². The average Bonchev–Trinajstić information content (AvgIpc) is 2.26. The highest BCUT2D eigenvalue weighted by Crippen LogP contribution is 2.22. The van der Waals surface area contributed by atoms with Crippen LogP contribution in [-0.2, 0) is 0 Å². The number of carbonyl (C=O) groups is 1. The standard InChI is InChI=1S/C12H19N3O/c1-3-7-15(4-2)11-6-5-9(13)8-10(11)12(14)16/h5-6,8H,3-4,7,13H2,1-2H3,(H2,14,16). The SMILES string of the molecule is CCCN(CC)c1ccc(N)cc1C(N)=O. The van der Waals surface area contributed by atoms with Crippen LogP contribution in [0.4, 0.5) is 11.4 Å². The quantitative estimate of drug-likeness (QED) is 0.742. The van der Waals surface area contributed by atoms with Crippen LogP contribution in [0.15, 0.2) is 18.2 Å². The molecule has 88 valence electrons. The minimum Gasteiger partial charge on any atom is -0.399 e. The van der Waals surface area contributed by atoms with Gasteiger partial charge in [-0.05, 0) is 31.5 Å². The van der Waals surface area contributed by atoms with Gasteiger partial charge in [0.15, 0.2) is 0 Å². The molecule has 4 N–H and O–H groups in total. The zero-order chi connectivity index (χ0) is 12.1. The molecule has 1 aromatic rings. The smallest absolute Gasteiger partial charge is 0.250 e. The molecule has 4 heteroatoms. The molecule has 1 aromatic carbocycles. The molecule has 0 spiro atoms.